The van der Waals surface area contributed by atoms with Gasteiger partial charge in [-0.3, -0.25) is 0 Å². The van der Waals surface area contributed by atoms with Crippen molar-refractivity contribution in [2.75, 3.05) is 18.5 Å². The van der Waals surface area contributed by atoms with Crippen LogP contribution in [0.5, 0.6) is 5.75 Å². The zero-order chi connectivity index (χ0) is 11.4. The number of fused-ring (bicyclic) bond motifs is 1. The van der Waals surface area contributed by atoms with Crippen LogP contribution in [0.1, 0.15) is 18.1 Å². The van der Waals surface area contributed by atoms with E-state index in [2.05, 4.69) is 46.4 Å². The molecule has 1 aliphatic heterocycles. The molecule has 0 amide bonds. The lowest BCUT2D eigenvalue weighted by molar-refractivity contribution is 0.357. The van der Waals surface area contributed by atoms with Gasteiger partial charge in [-0.05, 0) is 37.1 Å². The Bertz CT molecular complexity index is 354. The summed E-state index contributed by atoms with van der Waals surface area (Å²) in [7, 11) is 0. The van der Waals surface area contributed by atoms with Crippen molar-refractivity contribution in [2.45, 2.75) is 25.8 Å². The number of benzene rings is 1. The minimum atomic E-state index is 0.540. The maximum Gasteiger partial charge on any atom is 0.122 e. The molecular formula is C13H18BrNO. The second kappa shape index (κ2) is 5.69. The fourth-order valence-electron chi connectivity index (χ4n) is 1.91. The maximum atomic E-state index is 5.49. The zero-order valence-electron chi connectivity index (χ0n) is 9.63. The normalized spacial score (nSPS) is 15.6. The summed E-state index contributed by atoms with van der Waals surface area (Å²) in [5, 5.41) is 4.48. The third-order valence-electron chi connectivity index (χ3n) is 2.89. The van der Waals surface area contributed by atoms with Crippen LogP contribution in [-0.2, 0) is 12.8 Å². The lowest BCUT2D eigenvalue weighted by Crippen LogP contribution is -2.29. The number of halogens is 1. The number of alkyl halides is 1. The molecule has 1 aliphatic rings. The average molecular weight is 284 g/mol. The summed E-state index contributed by atoms with van der Waals surface area (Å²) in [6.07, 6.45) is 2.15. The van der Waals surface area contributed by atoms with Gasteiger partial charge in [-0.1, -0.05) is 28.1 Å². The SMILES string of the molecule is CC(CBr)NCCc1ccc2c(c1)CCO2. The van der Waals surface area contributed by atoms with Gasteiger partial charge in [-0.15, -0.1) is 0 Å². The van der Waals surface area contributed by atoms with Gasteiger partial charge in [0.2, 0.25) is 0 Å². The summed E-state index contributed by atoms with van der Waals surface area (Å²) in [6, 6.07) is 7.09. The largest absolute Gasteiger partial charge is 0.493 e. The highest BCUT2D eigenvalue weighted by Gasteiger charge is 2.11. The molecule has 1 aromatic carbocycles. The first-order valence-corrected chi connectivity index (χ1v) is 6.95. The van der Waals surface area contributed by atoms with E-state index in [4.69, 9.17) is 4.74 Å². The molecule has 0 saturated heterocycles. The van der Waals surface area contributed by atoms with Crippen LogP contribution >= 0.6 is 15.9 Å². The molecule has 1 N–H and O–H groups in total. The van der Waals surface area contributed by atoms with Crippen molar-refractivity contribution in [2.24, 2.45) is 0 Å². The van der Waals surface area contributed by atoms with Crippen LogP contribution in [0.2, 0.25) is 0 Å². The van der Waals surface area contributed by atoms with Gasteiger partial charge < -0.3 is 10.1 Å². The fourth-order valence-corrected chi connectivity index (χ4v) is 2.14. The highest BCUT2D eigenvalue weighted by Crippen LogP contribution is 2.25. The third-order valence-corrected chi connectivity index (χ3v) is 3.86. The lowest BCUT2D eigenvalue weighted by Gasteiger charge is -2.10. The van der Waals surface area contributed by atoms with Gasteiger partial charge in [0.05, 0.1) is 6.61 Å². The van der Waals surface area contributed by atoms with Gasteiger partial charge in [0.25, 0.3) is 0 Å². The summed E-state index contributed by atoms with van der Waals surface area (Å²) in [4.78, 5) is 0. The van der Waals surface area contributed by atoms with E-state index in [0.29, 0.717) is 6.04 Å². The smallest absolute Gasteiger partial charge is 0.122 e. The second-order valence-electron chi connectivity index (χ2n) is 4.30. The van der Waals surface area contributed by atoms with Crippen molar-refractivity contribution in [3.05, 3.63) is 29.3 Å². The third kappa shape index (κ3) is 2.98. The molecule has 0 saturated carbocycles. The Morgan fingerprint density at radius 2 is 2.38 bits per heavy atom. The number of hydrogen-bond donors (Lipinski definition) is 1. The quantitative estimate of drug-likeness (QED) is 0.839. The molecular weight excluding hydrogens is 266 g/mol. The fraction of sp³-hybridized carbons (Fsp3) is 0.538. The molecule has 0 radical (unpaired) electrons. The number of ether oxygens (including phenoxy) is 1. The standard InChI is InChI=1S/C13H18BrNO/c1-10(9-14)15-6-4-11-2-3-13-12(8-11)5-7-16-13/h2-3,8,10,15H,4-7,9H2,1H3. The van der Waals surface area contributed by atoms with Gasteiger partial charge in [0, 0.05) is 17.8 Å². The summed E-state index contributed by atoms with van der Waals surface area (Å²) in [5.74, 6) is 1.07. The predicted octanol–water partition coefficient (Wildman–Crippen LogP) is 2.54. The van der Waals surface area contributed by atoms with Gasteiger partial charge in [-0.25, -0.2) is 0 Å². The molecule has 2 nitrogen and oxygen atoms in total. The van der Waals surface area contributed by atoms with Crippen LogP contribution in [0.4, 0.5) is 0 Å². The van der Waals surface area contributed by atoms with Crippen LogP contribution in [0.25, 0.3) is 0 Å². The van der Waals surface area contributed by atoms with Crippen LogP contribution in [-0.4, -0.2) is 24.5 Å². The molecule has 16 heavy (non-hydrogen) atoms. The minimum Gasteiger partial charge on any atom is -0.493 e. The molecule has 0 fully saturated rings. The number of rotatable bonds is 5. The second-order valence-corrected chi connectivity index (χ2v) is 4.95. The summed E-state index contributed by atoms with van der Waals surface area (Å²) >= 11 is 3.46. The Morgan fingerprint density at radius 3 is 3.19 bits per heavy atom. The summed E-state index contributed by atoms with van der Waals surface area (Å²) in [5.41, 5.74) is 2.77. The zero-order valence-corrected chi connectivity index (χ0v) is 11.2. The van der Waals surface area contributed by atoms with E-state index in [1.807, 2.05) is 0 Å². The van der Waals surface area contributed by atoms with E-state index in [0.717, 1.165) is 37.1 Å². The molecule has 2 rings (SSSR count). The molecule has 0 aliphatic carbocycles. The molecule has 3 heteroatoms. The van der Waals surface area contributed by atoms with Crippen LogP contribution < -0.4 is 10.1 Å². The van der Waals surface area contributed by atoms with Crippen molar-refractivity contribution in [1.29, 1.82) is 0 Å². The van der Waals surface area contributed by atoms with E-state index >= 15 is 0 Å². The van der Waals surface area contributed by atoms with Crippen LogP contribution in [0.3, 0.4) is 0 Å². The summed E-state index contributed by atoms with van der Waals surface area (Å²) in [6.45, 7) is 4.06. The van der Waals surface area contributed by atoms with Gasteiger partial charge in [0.1, 0.15) is 5.75 Å². The molecule has 0 aromatic heterocycles. The Balaban J connectivity index is 1.86. The predicted molar refractivity (Wildman–Crippen MR) is 70.6 cm³/mol. The van der Waals surface area contributed by atoms with E-state index < -0.39 is 0 Å². The first kappa shape index (κ1) is 11.9. The topological polar surface area (TPSA) is 21.3 Å². The van der Waals surface area contributed by atoms with Gasteiger partial charge in [0.15, 0.2) is 0 Å². The van der Waals surface area contributed by atoms with E-state index in [1.54, 1.807) is 0 Å². The molecule has 88 valence electrons. The molecule has 1 unspecified atom stereocenters. The van der Waals surface area contributed by atoms with Crippen molar-refractivity contribution in [1.82, 2.24) is 5.32 Å². The summed E-state index contributed by atoms with van der Waals surface area (Å²) < 4.78 is 5.49. The molecule has 0 spiro atoms. The number of nitrogens with one attached hydrogen (secondary N) is 1. The van der Waals surface area contributed by atoms with E-state index in [9.17, 15) is 0 Å². The average Bonchev–Trinajstić information content (AvgIpc) is 2.76. The Morgan fingerprint density at radius 1 is 1.50 bits per heavy atom. The van der Waals surface area contributed by atoms with Crippen LogP contribution in [0.15, 0.2) is 18.2 Å². The highest BCUT2D eigenvalue weighted by atomic mass is 79.9. The van der Waals surface area contributed by atoms with Crippen molar-refractivity contribution >= 4 is 15.9 Å². The minimum absolute atomic E-state index is 0.540. The van der Waals surface area contributed by atoms with Crippen molar-refractivity contribution in [3.8, 4) is 5.75 Å². The van der Waals surface area contributed by atoms with Crippen molar-refractivity contribution < 1.29 is 4.74 Å². The van der Waals surface area contributed by atoms with E-state index in [-0.39, 0.29) is 0 Å². The molecule has 1 heterocycles. The van der Waals surface area contributed by atoms with Gasteiger partial charge in [-0.2, -0.15) is 0 Å². The Labute approximate surface area is 106 Å². The first-order valence-electron chi connectivity index (χ1n) is 5.83. The Hall–Kier alpha value is -0.540. The maximum absolute atomic E-state index is 5.49. The molecule has 1 aromatic rings. The Kier molecular flexibility index (Phi) is 4.24. The highest BCUT2D eigenvalue weighted by molar-refractivity contribution is 9.09. The van der Waals surface area contributed by atoms with Crippen LogP contribution in [0, 0.1) is 0 Å². The number of hydrogen-bond acceptors (Lipinski definition) is 2. The lowest BCUT2D eigenvalue weighted by atomic mass is 10.1. The first-order chi connectivity index (χ1) is 7.79. The van der Waals surface area contributed by atoms with E-state index in [1.165, 1.54) is 11.1 Å². The van der Waals surface area contributed by atoms with Gasteiger partial charge >= 0.3 is 0 Å². The van der Waals surface area contributed by atoms with Crippen molar-refractivity contribution in [3.63, 3.8) is 0 Å². The monoisotopic (exact) mass is 283 g/mol. The molecule has 0 bridgehead atoms. The molecule has 1 atom stereocenters.